The molecule has 0 aliphatic heterocycles. The second-order valence-corrected chi connectivity index (χ2v) is 4.43. The summed E-state index contributed by atoms with van der Waals surface area (Å²) in [6, 6.07) is 8.01. The lowest BCUT2D eigenvalue weighted by atomic mass is 10.2. The van der Waals surface area contributed by atoms with Gasteiger partial charge in [0.15, 0.2) is 11.6 Å². The molecule has 0 spiro atoms. The summed E-state index contributed by atoms with van der Waals surface area (Å²) in [5, 5.41) is 8.55. The van der Waals surface area contributed by atoms with E-state index in [-0.39, 0.29) is 11.5 Å². The number of aryl methyl sites for hydroxylation is 1. The molecule has 0 aliphatic rings. The van der Waals surface area contributed by atoms with Gasteiger partial charge in [-0.2, -0.15) is 0 Å². The van der Waals surface area contributed by atoms with Crippen molar-refractivity contribution in [1.82, 2.24) is 0 Å². The molecule has 0 aliphatic carbocycles. The molecule has 2 aromatic carbocycles. The second-order valence-electron chi connectivity index (χ2n) is 4.43. The Labute approximate surface area is 120 Å². The van der Waals surface area contributed by atoms with Gasteiger partial charge in [-0.3, -0.25) is 0 Å². The Balaban J connectivity index is 2.31. The quantitative estimate of drug-likeness (QED) is 0.860. The smallest absolute Gasteiger partial charge is 0.328 e. The number of halogens is 2. The first-order chi connectivity index (χ1) is 9.94. The fourth-order valence-electron chi connectivity index (χ4n) is 1.72. The molecule has 2 rings (SSSR count). The number of ether oxygens (including phenoxy) is 1. The van der Waals surface area contributed by atoms with E-state index < -0.39 is 17.6 Å². The molecule has 0 aromatic heterocycles. The molecule has 0 bridgehead atoms. The van der Waals surface area contributed by atoms with Crippen molar-refractivity contribution in [2.24, 2.45) is 0 Å². The van der Waals surface area contributed by atoms with Crippen molar-refractivity contribution in [3.63, 3.8) is 0 Å². The molecule has 0 saturated carbocycles. The summed E-state index contributed by atoms with van der Waals surface area (Å²) in [6.45, 7) is 1.78. The molecule has 108 valence electrons. The molecule has 5 heteroatoms. The molecule has 0 unspecified atom stereocenters. The number of carbonyl (C=O) groups is 1. The highest BCUT2D eigenvalue weighted by molar-refractivity contribution is 5.85. The number of rotatable bonds is 4. The van der Waals surface area contributed by atoms with Gasteiger partial charge in [0.2, 0.25) is 0 Å². The van der Waals surface area contributed by atoms with Gasteiger partial charge in [-0.1, -0.05) is 6.07 Å². The monoisotopic (exact) mass is 290 g/mol. The molecule has 1 N–H and O–H groups in total. The van der Waals surface area contributed by atoms with Crippen LogP contribution in [0.25, 0.3) is 6.08 Å². The standard InChI is InChI=1S/C16H12F2O3/c1-10-2-4-14(18)15(6-10)21-13-8-11(3-5-16(19)20)7-12(17)9-13/h2-9H,1H3,(H,19,20)/b5-3+. The Hall–Kier alpha value is -2.69. The zero-order chi connectivity index (χ0) is 15.4. The lowest BCUT2D eigenvalue weighted by Gasteiger charge is -2.08. The van der Waals surface area contributed by atoms with E-state index in [4.69, 9.17) is 9.84 Å². The van der Waals surface area contributed by atoms with E-state index in [1.54, 1.807) is 13.0 Å². The van der Waals surface area contributed by atoms with Crippen molar-refractivity contribution >= 4 is 12.0 Å². The highest BCUT2D eigenvalue weighted by atomic mass is 19.1. The summed E-state index contributed by atoms with van der Waals surface area (Å²) in [5.74, 6) is -2.25. The van der Waals surface area contributed by atoms with Crippen LogP contribution in [0.2, 0.25) is 0 Å². The first kappa shape index (κ1) is 14.7. The van der Waals surface area contributed by atoms with Crippen LogP contribution in [0.15, 0.2) is 42.5 Å². The van der Waals surface area contributed by atoms with E-state index >= 15 is 0 Å². The summed E-state index contributed by atoms with van der Waals surface area (Å²) < 4.78 is 32.4. The Morgan fingerprint density at radius 3 is 2.67 bits per heavy atom. The number of hydrogen-bond donors (Lipinski definition) is 1. The molecule has 21 heavy (non-hydrogen) atoms. The molecule has 0 radical (unpaired) electrons. The van der Waals surface area contributed by atoms with E-state index in [0.717, 1.165) is 23.8 Å². The van der Waals surface area contributed by atoms with Crippen molar-refractivity contribution in [3.8, 4) is 11.5 Å². The van der Waals surface area contributed by atoms with Gasteiger partial charge in [0.1, 0.15) is 11.6 Å². The van der Waals surface area contributed by atoms with Crippen LogP contribution in [0.4, 0.5) is 8.78 Å². The first-order valence-electron chi connectivity index (χ1n) is 6.09. The number of aliphatic carboxylic acids is 1. The Bertz CT molecular complexity index is 709. The van der Waals surface area contributed by atoms with Crippen molar-refractivity contribution in [2.75, 3.05) is 0 Å². The minimum atomic E-state index is -1.15. The zero-order valence-corrected chi connectivity index (χ0v) is 11.1. The number of carboxylic acids is 1. The van der Waals surface area contributed by atoms with E-state index in [1.807, 2.05) is 0 Å². The fraction of sp³-hybridized carbons (Fsp3) is 0.0625. The predicted octanol–water partition coefficient (Wildman–Crippen LogP) is 4.16. The third-order valence-electron chi connectivity index (χ3n) is 2.63. The number of carboxylic acid groups (broad SMARTS) is 1. The zero-order valence-electron chi connectivity index (χ0n) is 11.1. The van der Waals surface area contributed by atoms with Gasteiger partial charge in [-0.25, -0.2) is 13.6 Å². The van der Waals surface area contributed by atoms with E-state index in [9.17, 15) is 13.6 Å². The summed E-state index contributed by atoms with van der Waals surface area (Å²) in [6.07, 6.45) is 2.11. The van der Waals surface area contributed by atoms with Crippen LogP contribution >= 0.6 is 0 Å². The average Bonchev–Trinajstić information content (AvgIpc) is 2.40. The maximum Gasteiger partial charge on any atom is 0.328 e. The lowest BCUT2D eigenvalue weighted by Crippen LogP contribution is -1.91. The molecule has 0 fully saturated rings. The molecule has 2 aromatic rings. The van der Waals surface area contributed by atoms with Crippen LogP contribution in [0.1, 0.15) is 11.1 Å². The minimum absolute atomic E-state index is 0.0197. The second kappa shape index (κ2) is 6.17. The average molecular weight is 290 g/mol. The SMILES string of the molecule is Cc1ccc(F)c(Oc2cc(F)cc(/C=C/C(=O)O)c2)c1. The molecular formula is C16H12F2O3. The number of benzene rings is 2. The summed E-state index contributed by atoms with van der Waals surface area (Å²) in [4.78, 5) is 10.5. The Kier molecular flexibility index (Phi) is 4.33. The number of hydrogen-bond acceptors (Lipinski definition) is 2. The topological polar surface area (TPSA) is 46.5 Å². The summed E-state index contributed by atoms with van der Waals surface area (Å²) in [5.41, 5.74) is 1.11. The van der Waals surface area contributed by atoms with Crippen LogP contribution < -0.4 is 4.74 Å². The summed E-state index contributed by atoms with van der Waals surface area (Å²) >= 11 is 0. The van der Waals surface area contributed by atoms with Gasteiger partial charge in [0, 0.05) is 12.1 Å². The molecule has 0 amide bonds. The largest absolute Gasteiger partial charge is 0.478 e. The lowest BCUT2D eigenvalue weighted by molar-refractivity contribution is -0.131. The molecule has 0 saturated heterocycles. The summed E-state index contributed by atoms with van der Waals surface area (Å²) in [7, 11) is 0. The van der Waals surface area contributed by atoms with Gasteiger partial charge in [0.05, 0.1) is 0 Å². The van der Waals surface area contributed by atoms with E-state index in [2.05, 4.69) is 0 Å². The van der Waals surface area contributed by atoms with Gasteiger partial charge < -0.3 is 9.84 Å². The van der Waals surface area contributed by atoms with Crippen molar-refractivity contribution in [1.29, 1.82) is 0 Å². The van der Waals surface area contributed by atoms with Crippen LogP contribution in [0.3, 0.4) is 0 Å². The van der Waals surface area contributed by atoms with Crippen LogP contribution in [0, 0.1) is 18.6 Å². The molecule has 0 atom stereocenters. The third kappa shape index (κ3) is 4.14. The van der Waals surface area contributed by atoms with Crippen molar-refractivity contribution < 1.29 is 23.4 Å². The van der Waals surface area contributed by atoms with Crippen molar-refractivity contribution in [2.45, 2.75) is 6.92 Å². The fourth-order valence-corrected chi connectivity index (χ4v) is 1.72. The van der Waals surface area contributed by atoms with Gasteiger partial charge in [-0.05, 0) is 48.4 Å². The van der Waals surface area contributed by atoms with Crippen LogP contribution in [0.5, 0.6) is 11.5 Å². The molecule has 3 nitrogen and oxygen atoms in total. The maximum absolute atomic E-state index is 13.6. The first-order valence-corrected chi connectivity index (χ1v) is 6.09. The Morgan fingerprint density at radius 1 is 1.19 bits per heavy atom. The minimum Gasteiger partial charge on any atom is -0.478 e. The van der Waals surface area contributed by atoms with Gasteiger partial charge in [0.25, 0.3) is 0 Å². The normalized spacial score (nSPS) is 10.8. The van der Waals surface area contributed by atoms with Crippen molar-refractivity contribution in [3.05, 3.63) is 65.2 Å². The van der Waals surface area contributed by atoms with Gasteiger partial charge >= 0.3 is 5.97 Å². The highest BCUT2D eigenvalue weighted by Crippen LogP contribution is 2.27. The van der Waals surface area contributed by atoms with Gasteiger partial charge in [-0.15, -0.1) is 0 Å². The Morgan fingerprint density at radius 2 is 1.95 bits per heavy atom. The molecular weight excluding hydrogens is 278 g/mol. The molecule has 0 heterocycles. The van der Waals surface area contributed by atoms with E-state index in [0.29, 0.717) is 5.56 Å². The highest BCUT2D eigenvalue weighted by Gasteiger charge is 2.07. The third-order valence-corrected chi connectivity index (χ3v) is 2.63. The van der Waals surface area contributed by atoms with Crippen LogP contribution in [-0.4, -0.2) is 11.1 Å². The maximum atomic E-state index is 13.6. The predicted molar refractivity (Wildman–Crippen MR) is 74.3 cm³/mol. The van der Waals surface area contributed by atoms with E-state index in [1.165, 1.54) is 24.3 Å². The van der Waals surface area contributed by atoms with Crippen LogP contribution in [-0.2, 0) is 4.79 Å².